The largest absolute Gasteiger partial charge is 0.444 e. The van der Waals surface area contributed by atoms with Crippen molar-refractivity contribution in [2.24, 2.45) is 4.99 Å². The molecular formula is C18H26ClN3O2S. The standard InChI is InChI=1S/C18H26ClN3O2S/c1-18(2,3)24-17(23)21(5)10-6-7-11-22-14-9-8-13(19)12-15(14)25-16(22)20-4/h8-9,12H,6-7,10-11H2,1-5H3. The zero-order valence-electron chi connectivity index (χ0n) is 15.5. The van der Waals surface area contributed by atoms with Crippen LogP contribution in [0.15, 0.2) is 23.2 Å². The van der Waals surface area contributed by atoms with Crippen LogP contribution >= 0.6 is 22.9 Å². The van der Waals surface area contributed by atoms with Gasteiger partial charge in [0, 0.05) is 32.2 Å². The summed E-state index contributed by atoms with van der Waals surface area (Å²) in [6, 6.07) is 5.92. The number of unbranched alkanes of at least 4 members (excludes halogenated alkanes) is 1. The first-order valence-corrected chi connectivity index (χ1v) is 9.56. The van der Waals surface area contributed by atoms with E-state index in [0.717, 1.165) is 39.4 Å². The maximum atomic E-state index is 12.0. The molecule has 1 aromatic heterocycles. The van der Waals surface area contributed by atoms with E-state index in [1.54, 1.807) is 30.3 Å². The van der Waals surface area contributed by atoms with Crippen molar-refractivity contribution in [2.45, 2.75) is 45.8 Å². The van der Waals surface area contributed by atoms with Gasteiger partial charge < -0.3 is 14.2 Å². The summed E-state index contributed by atoms with van der Waals surface area (Å²) in [6.07, 6.45) is 1.58. The Morgan fingerprint density at radius 1 is 1.36 bits per heavy atom. The van der Waals surface area contributed by atoms with Gasteiger partial charge in [-0.15, -0.1) is 0 Å². The number of carbonyl (C=O) groups excluding carboxylic acids is 1. The Kier molecular flexibility index (Phi) is 6.52. The van der Waals surface area contributed by atoms with Crippen LogP contribution in [0.2, 0.25) is 5.02 Å². The van der Waals surface area contributed by atoms with Crippen LogP contribution < -0.4 is 4.80 Å². The number of aromatic nitrogens is 1. The highest BCUT2D eigenvalue weighted by atomic mass is 35.5. The molecule has 0 aliphatic rings. The fraction of sp³-hybridized carbons (Fsp3) is 0.556. The molecule has 2 aromatic rings. The molecule has 0 saturated carbocycles. The number of thiazole rings is 1. The molecule has 7 heteroatoms. The van der Waals surface area contributed by atoms with Crippen LogP contribution in [0, 0.1) is 0 Å². The van der Waals surface area contributed by atoms with Gasteiger partial charge in [0.2, 0.25) is 0 Å². The lowest BCUT2D eigenvalue weighted by atomic mass is 10.2. The van der Waals surface area contributed by atoms with E-state index >= 15 is 0 Å². The lowest BCUT2D eigenvalue weighted by molar-refractivity contribution is 0.0296. The van der Waals surface area contributed by atoms with Gasteiger partial charge in [0.05, 0.1) is 10.2 Å². The molecule has 1 aromatic carbocycles. The maximum Gasteiger partial charge on any atom is 0.410 e. The number of hydrogen-bond acceptors (Lipinski definition) is 4. The zero-order chi connectivity index (χ0) is 18.6. The van der Waals surface area contributed by atoms with E-state index in [9.17, 15) is 4.79 Å². The third kappa shape index (κ3) is 5.47. The number of benzene rings is 1. The molecule has 138 valence electrons. The van der Waals surface area contributed by atoms with E-state index in [-0.39, 0.29) is 6.09 Å². The van der Waals surface area contributed by atoms with E-state index in [4.69, 9.17) is 16.3 Å². The van der Waals surface area contributed by atoms with Gasteiger partial charge >= 0.3 is 6.09 Å². The predicted octanol–water partition coefficient (Wildman–Crippen LogP) is 4.53. The molecule has 0 atom stereocenters. The van der Waals surface area contributed by atoms with Gasteiger partial charge in [0.15, 0.2) is 4.80 Å². The highest BCUT2D eigenvalue weighted by Crippen LogP contribution is 2.22. The highest BCUT2D eigenvalue weighted by Gasteiger charge is 2.19. The third-order valence-corrected chi connectivity index (χ3v) is 5.03. The van der Waals surface area contributed by atoms with Crippen molar-refractivity contribution in [3.05, 3.63) is 28.0 Å². The predicted molar refractivity (Wildman–Crippen MR) is 104 cm³/mol. The highest BCUT2D eigenvalue weighted by molar-refractivity contribution is 7.16. The first-order chi connectivity index (χ1) is 11.7. The number of carbonyl (C=O) groups is 1. The summed E-state index contributed by atoms with van der Waals surface area (Å²) in [5.41, 5.74) is 0.686. The fourth-order valence-corrected chi connectivity index (χ4v) is 3.77. The number of hydrogen-bond donors (Lipinski definition) is 0. The van der Waals surface area contributed by atoms with E-state index < -0.39 is 5.60 Å². The number of amides is 1. The Morgan fingerprint density at radius 2 is 2.08 bits per heavy atom. The molecule has 0 aliphatic carbocycles. The second-order valence-corrected chi connectivity index (χ2v) is 8.43. The quantitative estimate of drug-likeness (QED) is 0.712. The monoisotopic (exact) mass is 383 g/mol. The molecule has 0 N–H and O–H groups in total. The van der Waals surface area contributed by atoms with Gasteiger partial charge in [-0.05, 0) is 51.8 Å². The Labute approximate surface area is 157 Å². The van der Waals surface area contributed by atoms with Gasteiger partial charge in [0.25, 0.3) is 0 Å². The number of halogens is 1. The normalized spacial score (nSPS) is 12.6. The molecule has 1 heterocycles. The molecule has 0 fully saturated rings. The van der Waals surface area contributed by atoms with Crippen LogP contribution in [0.25, 0.3) is 10.2 Å². The Hall–Kier alpha value is -1.53. The fourth-order valence-electron chi connectivity index (χ4n) is 2.48. The topological polar surface area (TPSA) is 46.8 Å². The van der Waals surface area contributed by atoms with Crippen LogP contribution in [-0.4, -0.2) is 41.8 Å². The van der Waals surface area contributed by atoms with Crippen LogP contribution in [-0.2, 0) is 11.3 Å². The first-order valence-electron chi connectivity index (χ1n) is 8.37. The molecule has 0 radical (unpaired) electrons. The minimum Gasteiger partial charge on any atom is -0.444 e. The Morgan fingerprint density at radius 3 is 2.72 bits per heavy atom. The smallest absolute Gasteiger partial charge is 0.410 e. The molecule has 5 nitrogen and oxygen atoms in total. The third-order valence-electron chi connectivity index (χ3n) is 3.67. The van der Waals surface area contributed by atoms with Gasteiger partial charge in [0.1, 0.15) is 5.60 Å². The van der Waals surface area contributed by atoms with Gasteiger partial charge in [-0.25, -0.2) is 4.79 Å². The van der Waals surface area contributed by atoms with Crippen LogP contribution in [0.4, 0.5) is 4.79 Å². The molecular weight excluding hydrogens is 358 g/mol. The first kappa shape index (κ1) is 19.8. The summed E-state index contributed by atoms with van der Waals surface area (Å²) in [6.45, 7) is 7.15. The molecule has 0 spiro atoms. The minimum atomic E-state index is -0.463. The average molecular weight is 384 g/mol. The maximum absolute atomic E-state index is 12.0. The second kappa shape index (κ2) is 8.23. The summed E-state index contributed by atoms with van der Waals surface area (Å²) in [5.74, 6) is 0. The lowest BCUT2D eigenvalue weighted by Gasteiger charge is -2.24. The van der Waals surface area contributed by atoms with Crippen LogP contribution in [0.3, 0.4) is 0 Å². The number of aryl methyl sites for hydroxylation is 1. The number of rotatable bonds is 5. The summed E-state index contributed by atoms with van der Waals surface area (Å²) in [7, 11) is 3.58. The van der Waals surface area contributed by atoms with Gasteiger partial charge in [-0.3, -0.25) is 4.99 Å². The van der Waals surface area contributed by atoms with Crippen molar-refractivity contribution in [2.75, 3.05) is 20.6 Å². The molecule has 0 saturated heterocycles. The van der Waals surface area contributed by atoms with Crippen molar-refractivity contribution in [1.29, 1.82) is 0 Å². The molecule has 2 rings (SSSR count). The lowest BCUT2D eigenvalue weighted by Crippen LogP contribution is -2.34. The van der Waals surface area contributed by atoms with Crippen molar-refractivity contribution in [3.8, 4) is 0 Å². The molecule has 0 unspecified atom stereocenters. The SMILES string of the molecule is CN=c1sc2cc(Cl)ccc2n1CCCCN(C)C(=O)OC(C)(C)C. The van der Waals surface area contributed by atoms with Crippen molar-refractivity contribution in [1.82, 2.24) is 9.47 Å². The number of nitrogens with zero attached hydrogens (tertiary/aromatic N) is 3. The molecule has 0 bridgehead atoms. The average Bonchev–Trinajstić information content (AvgIpc) is 2.86. The number of ether oxygens (including phenoxy) is 1. The molecule has 0 aliphatic heterocycles. The van der Waals surface area contributed by atoms with Gasteiger partial charge in [-0.2, -0.15) is 0 Å². The summed E-state index contributed by atoms with van der Waals surface area (Å²) >= 11 is 7.72. The van der Waals surface area contributed by atoms with E-state index in [1.807, 2.05) is 39.0 Å². The Bertz CT molecular complexity index is 805. The molecule has 25 heavy (non-hydrogen) atoms. The summed E-state index contributed by atoms with van der Waals surface area (Å²) < 4.78 is 8.71. The van der Waals surface area contributed by atoms with Crippen molar-refractivity contribution >= 4 is 39.2 Å². The van der Waals surface area contributed by atoms with Crippen LogP contribution in [0.1, 0.15) is 33.6 Å². The van der Waals surface area contributed by atoms with E-state index in [1.165, 1.54) is 0 Å². The van der Waals surface area contributed by atoms with E-state index in [2.05, 4.69) is 9.56 Å². The van der Waals surface area contributed by atoms with E-state index in [0.29, 0.717) is 6.54 Å². The minimum absolute atomic E-state index is 0.278. The Balaban J connectivity index is 1.94. The van der Waals surface area contributed by atoms with Crippen molar-refractivity contribution in [3.63, 3.8) is 0 Å². The van der Waals surface area contributed by atoms with Crippen molar-refractivity contribution < 1.29 is 9.53 Å². The summed E-state index contributed by atoms with van der Waals surface area (Å²) in [5, 5.41) is 0.738. The van der Waals surface area contributed by atoms with Crippen LogP contribution in [0.5, 0.6) is 0 Å². The summed E-state index contributed by atoms with van der Waals surface area (Å²) in [4.78, 5) is 19.0. The number of fused-ring (bicyclic) bond motifs is 1. The van der Waals surface area contributed by atoms with Gasteiger partial charge in [-0.1, -0.05) is 22.9 Å². The molecule has 1 amide bonds. The second-order valence-electron chi connectivity index (χ2n) is 6.98. The zero-order valence-corrected chi connectivity index (χ0v) is 17.1.